The summed E-state index contributed by atoms with van der Waals surface area (Å²) in [5.74, 6) is 0. The highest BCUT2D eigenvalue weighted by Gasteiger charge is 2.19. The fraction of sp³-hybridized carbons (Fsp3) is 1.00. The molecule has 0 bridgehead atoms. The molecule has 1 N–H and O–H groups in total. The van der Waals surface area contributed by atoms with E-state index >= 15 is 0 Å². The van der Waals surface area contributed by atoms with Gasteiger partial charge in [-0.1, -0.05) is 19.8 Å². The standard InChI is InChI=1S/C15H30N2O/c1-2-14-6-4-3-5-11-17(14)12-13-18-15-7-9-16-10-8-15/h14-16H,2-13H2,1H3. The van der Waals surface area contributed by atoms with Crippen molar-refractivity contribution in [1.29, 1.82) is 0 Å². The summed E-state index contributed by atoms with van der Waals surface area (Å²) in [7, 11) is 0. The van der Waals surface area contributed by atoms with Crippen LogP contribution in [0.1, 0.15) is 51.9 Å². The molecule has 3 heteroatoms. The monoisotopic (exact) mass is 254 g/mol. The molecule has 0 radical (unpaired) electrons. The van der Waals surface area contributed by atoms with Crippen molar-refractivity contribution < 1.29 is 4.74 Å². The van der Waals surface area contributed by atoms with Gasteiger partial charge in [-0.3, -0.25) is 4.90 Å². The van der Waals surface area contributed by atoms with Crippen molar-refractivity contribution in [3.05, 3.63) is 0 Å². The van der Waals surface area contributed by atoms with E-state index in [4.69, 9.17) is 4.74 Å². The second-order valence-electron chi connectivity index (χ2n) is 5.77. The zero-order chi connectivity index (χ0) is 12.6. The van der Waals surface area contributed by atoms with Crippen molar-refractivity contribution in [3.63, 3.8) is 0 Å². The van der Waals surface area contributed by atoms with Gasteiger partial charge in [0.05, 0.1) is 12.7 Å². The molecule has 2 aliphatic heterocycles. The molecule has 0 amide bonds. The minimum Gasteiger partial charge on any atom is -0.377 e. The maximum Gasteiger partial charge on any atom is 0.0600 e. The van der Waals surface area contributed by atoms with Crippen molar-refractivity contribution in [3.8, 4) is 0 Å². The van der Waals surface area contributed by atoms with Crippen LogP contribution in [-0.2, 0) is 4.74 Å². The molecule has 2 saturated heterocycles. The van der Waals surface area contributed by atoms with E-state index in [1.807, 2.05) is 0 Å². The van der Waals surface area contributed by atoms with Gasteiger partial charge in [0.1, 0.15) is 0 Å². The van der Waals surface area contributed by atoms with Gasteiger partial charge >= 0.3 is 0 Å². The number of hydrogen-bond acceptors (Lipinski definition) is 3. The van der Waals surface area contributed by atoms with Crippen LogP contribution in [0, 0.1) is 0 Å². The van der Waals surface area contributed by atoms with Crippen LogP contribution in [0.3, 0.4) is 0 Å². The van der Waals surface area contributed by atoms with E-state index < -0.39 is 0 Å². The van der Waals surface area contributed by atoms with Gasteiger partial charge in [-0.2, -0.15) is 0 Å². The molecular formula is C15H30N2O. The third-order valence-electron chi connectivity index (χ3n) is 4.49. The van der Waals surface area contributed by atoms with Crippen LogP contribution < -0.4 is 5.32 Å². The zero-order valence-electron chi connectivity index (χ0n) is 12.0. The Labute approximate surface area is 112 Å². The second kappa shape index (κ2) is 8.13. The summed E-state index contributed by atoms with van der Waals surface area (Å²) in [6, 6.07) is 0.809. The molecule has 106 valence electrons. The van der Waals surface area contributed by atoms with E-state index in [0.717, 1.165) is 32.3 Å². The van der Waals surface area contributed by atoms with Crippen LogP contribution in [0.4, 0.5) is 0 Å². The average Bonchev–Trinajstić information content (AvgIpc) is 2.65. The maximum atomic E-state index is 6.04. The van der Waals surface area contributed by atoms with E-state index in [1.54, 1.807) is 0 Å². The van der Waals surface area contributed by atoms with Crippen molar-refractivity contribution in [1.82, 2.24) is 10.2 Å². The predicted molar refractivity (Wildman–Crippen MR) is 76.0 cm³/mol. The molecule has 2 heterocycles. The minimum atomic E-state index is 0.512. The molecule has 0 aromatic heterocycles. The first kappa shape index (κ1) is 14.3. The highest BCUT2D eigenvalue weighted by molar-refractivity contribution is 4.74. The second-order valence-corrected chi connectivity index (χ2v) is 5.77. The number of nitrogens with zero attached hydrogens (tertiary/aromatic N) is 1. The molecule has 3 nitrogen and oxygen atoms in total. The Morgan fingerprint density at radius 2 is 1.94 bits per heavy atom. The van der Waals surface area contributed by atoms with Gasteiger partial charge < -0.3 is 10.1 Å². The topological polar surface area (TPSA) is 24.5 Å². The molecule has 0 saturated carbocycles. The lowest BCUT2D eigenvalue weighted by Crippen LogP contribution is -2.38. The fourth-order valence-electron chi connectivity index (χ4n) is 3.29. The quantitative estimate of drug-likeness (QED) is 0.815. The Kier molecular flexibility index (Phi) is 6.46. The summed E-state index contributed by atoms with van der Waals surface area (Å²) in [6.45, 7) is 7.95. The number of likely N-dealkylation sites (tertiary alicyclic amines) is 1. The first-order valence-corrected chi connectivity index (χ1v) is 7.96. The Hall–Kier alpha value is -0.120. The van der Waals surface area contributed by atoms with Crippen molar-refractivity contribution in [2.75, 3.05) is 32.8 Å². The summed E-state index contributed by atoms with van der Waals surface area (Å²) in [6.07, 6.45) is 9.81. The molecule has 0 spiro atoms. The molecule has 0 aliphatic carbocycles. The van der Waals surface area contributed by atoms with Crippen LogP contribution >= 0.6 is 0 Å². The van der Waals surface area contributed by atoms with Crippen LogP contribution in [0.5, 0.6) is 0 Å². The SMILES string of the molecule is CCC1CCCCCN1CCOC1CCNCC1. The van der Waals surface area contributed by atoms with Crippen LogP contribution in [0.25, 0.3) is 0 Å². The van der Waals surface area contributed by atoms with E-state index in [9.17, 15) is 0 Å². The van der Waals surface area contributed by atoms with Gasteiger partial charge in [0, 0.05) is 12.6 Å². The van der Waals surface area contributed by atoms with Gasteiger partial charge in [0.2, 0.25) is 0 Å². The van der Waals surface area contributed by atoms with Gasteiger partial charge in [-0.15, -0.1) is 0 Å². The Morgan fingerprint density at radius 3 is 2.72 bits per heavy atom. The zero-order valence-corrected chi connectivity index (χ0v) is 12.0. The lowest BCUT2D eigenvalue weighted by atomic mass is 10.1. The highest BCUT2D eigenvalue weighted by Crippen LogP contribution is 2.19. The van der Waals surface area contributed by atoms with Crippen molar-refractivity contribution >= 4 is 0 Å². The molecular weight excluding hydrogens is 224 g/mol. The normalized spacial score (nSPS) is 28.2. The van der Waals surface area contributed by atoms with Gasteiger partial charge in [-0.25, -0.2) is 0 Å². The van der Waals surface area contributed by atoms with Crippen LogP contribution in [0.2, 0.25) is 0 Å². The van der Waals surface area contributed by atoms with Crippen LogP contribution in [0.15, 0.2) is 0 Å². The summed E-state index contributed by atoms with van der Waals surface area (Å²) < 4.78 is 6.04. The molecule has 2 rings (SSSR count). The van der Waals surface area contributed by atoms with Crippen LogP contribution in [-0.4, -0.2) is 49.8 Å². The third-order valence-corrected chi connectivity index (χ3v) is 4.49. The average molecular weight is 254 g/mol. The fourth-order valence-corrected chi connectivity index (χ4v) is 3.29. The number of ether oxygens (including phenoxy) is 1. The van der Waals surface area contributed by atoms with Gasteiger partial charge in [0.25, 0.3) is 0 Å². The maximum absolute atomic E-state index is 6.04. The lowest BCUT2D eigenvalue weighted by Gasteiger charge is -2.30. The van der Waals surface area contributed by atoms with Gasteiger partial charge in [0.15, 0.2) is 0 Å². The molecule has 0 aromatic rings. The largest absolute Gasteiger partial charge is 0.377 e. The first-order valence-electron chi connectivity index (χ1n) is 7.96. The molecule has 2 fully saturated rings. The molecule has 2 aliphatic rings. The third kappa shape index (κ3) is 4.52. The minimum absolute atomic E-state index is 0.512. The highest BCUT2D eigenvalue weighted by atomic mass is 16.5. The first-order chi connectivity index (χ1) is 8.90. The van der Waals surface area contributed by atoms with E-state index in [-0.39, 0.29) is 0 Å². The smallest absolute Gasteiger partial charge is 0.0600 e. The van der Waals surface area contributed by atoms with Gasteiger partial charge in [-0.05, 0) is 51.7 Å². The van der Waals surface area contributed by atoms with E-state index in [1.165, 1.54) is 51.5 Å². The lowest BCUT2D eigenvalue weighted by molar-refractivity contribution is 0.0140. The van der Waals surface area contributed by atoms with Crippen molar-refractivity contribution in [2.24, 2.45) is 0 Å². The molecule has 1 atom stereocenters. The summed E-state index contributed by atoms with van der Waals surface area (Å²) in [4.78, 5) is 2.67. The van der Waals surface area contributed by atoms with E-state index in [2.05, 4.69) is 17.1 Å². The number of nitrogens with one attached hydrogen (secondary N) is 1. The number of hydrogen-bond donors (Lipinski definition) is 1. The Balaban J connectivity index is 1.66. The Morgan fingerprint density at radius 1 is 1.11 bits per heavy atom. The van der Waals surface area contributed by atoms with E-state index in [0.29, 0.717) is 6.10 Å². The van der Waals surface area contributed by atoms with Crippen molar-refractivity contribution in [2.45, 2.75) is 64.0 Å². The number of rotatable bonds is 5. The molecule has 1 unspecified atom stereocenters. The summed E-state index contributed by atoms with van der Waals surface area (Å²) >= 11 is 0. The number of piperidine rings is 1. The summed E-state index contributed by atoms with van der Waals surface area (Å²) in [5, 5.41) is 3.39. The summed E-state index contributed by atoms with van der Waals surface area (Å²) in [5.41, 5.74) is 0. The molecule has 18 heavy (non-hydrogen) atoms. The molecule has 0 aromatic carbocycles. The predicted octanol–water partition coefficient (Wildman–Crippen LogP) is 2.41. The Bertz CT molecular complexity index is 217.